The van der Waals surface area contributed by atoms with Crippen molar-refractivity contribution in [2.75, 3.05) is 0 Å². The molecule has 0 aliphatic heterocycles. The summed E-state index contributed by atoms with van der Waals surface area (Å²) in [5.41, 5.74) is 5.81. The monoisotopic (exact) mass is 317 g/mol. The van der Waals surface area contributed by atoms with E-state index >= 15 is 0 Å². The first-order valence-corrected chi connectivity index (χ1v) is 6.81. The molecule has 120 valence electrons. The second-order valence-electron chi connectivity index (χ2n) is 4.94. The van der Waals surface area contributed by atoms with E-state index in [0.29, 0.717) is 12.3 Å². The number of halogens is 1. The molecule has 0 spiro atoms. The molecule has 1 heterocycles. The largest absolute Gasteiger partial charge is 0.467 e. The molecule has 0 saturated carbocycles. The van der Waals surface area contributed by atoms with Gasteiger partial charge in [0.05, 0.1) is 18.8 Å². The van der Waals surface area contributed by atoms with E-state index in [4.69, 9.17) is 10.2 Å². The van der Waals surface area contributed by atoms with E-state index in [9.17, 15) is 9.59 Å². The van der Waals surface area contributed by atoms with Crippen molar-refractivity contribution in [1.29, 1.82) is 0 Å². The number of furan rings is 1. The predicted octanol–water partition coefficient (Wildman–Crippen LogP) is 1.20. The van der Waals surface area contributed by atoms with Gasteiger partial charge < -0.3 is 20.8 Å². The van der Waals surface area contributed by atoms with Crippen molar-refractivity contribution in [1.82, 2.24) is 10.6 Å². The Hall–Kier alpha value is -1.53. The Morgan fingerprint density at radius 2 is 2.00 bits per heavy atom. The van der Waals surface area contributed by atoms with Crippen LogP contribution in [0.5, 0.6) is 0 Å². The lowest BCUT2D eigenvalue weighted by atomic mass is 9.99. The van der Waals surface area contributed by atoms with Crippen molar-refractivity contribution in [2.24, 2.45) is 11.7 Å². The summed E-state index contributed by atoms with van der Waals surface area (Å²) < 4.78 is 5.11. The molecule has 1 aromatic rings. The summed E-state index contributed by atoms with van der Waals surface area (Å²) in [5, 5.41) is 5.30. The van der Waals surface area contributed by atoms with Gasteiger partial charge in [-0.15, -0.1) is 12.4 Å². The molecule has 0 aromatic carbocycles. The lowest BCUT2D eigenvalue weighted by Crippen LogP contribution is -2.51. The average molecular weight is 318 g/mol. The summed E-state index contributed by atoms with van der Waals surface area (Å²) in [4.78, 5) is 23.7. The molecule has 6 nitrogen and oxygen atoms in total. The summed E-state index contributed by atoms with van der Waals surface area (Å²) >= 11 is 0. The molecule has 0 aliphatic rings. The third-order valence-corrected chi connectivity index (χ3v) is 3.33. The fourth-order valence-corrected chi connectivity index (χ4v) is 1.63. The van der Waals surface area contributed by atoms with Crippen LogP contribution in [-0.2, 0) is 16.1 Å². The third-order valence-electron chi connectivity index (χ3n) is 3.33. The van der Waals surface area contributed by atoms with E-state index in [1.54, 1.807) is 19.1 Å². The Morgan fingerprint density at radius 1 is 1.33 bits per heavy atom. The first-order valence-electron chi connectivity index (χ1n) is 6.81. The van der Waals surface area contributed by atoms with Crippen LogP contribution in [0.25, 0.3) is 0 Å². The fourth-order valence-electron chi connectivity index (χ4n) is 1.63. The van der Waals surface area contributed by atoms with Crippen molar-refractivity contribution in [3.8, 4) is 0 Å². The molecule has 2 amide bonds. The minimum Gasteiger partial charge on any atom is -0.467 e. The molecule has 21 heavy (non-hydrogen) atoms. The van der Waals surface area contributed by atoms with E-state index in [1.807, 2.05) is 13.8 Å². The molecular formula is C14H24ClN3O3. The van der Waals surface area contributed by atoms with Crippen molar-refractivity contribution >= 4 is 24.2 Å². The van der Waals surface area contributed by atoms with Gasteiger partial charge in [-0.25, -0.2) is 0 Å². The van der Waals surface area contributed by atoms with Gasteiger partial charge >= 0.3 is 0 Å². The van der Waals surface area contributed by atoms with Gasteiger partial charge in [-0.05, 0) is 25.0 Å². The van der Waals surface area contributed by atoms with Gasteiger partial charge in [0.15, 0.2) is 0 Å². The van der Waals surface area contributed by atoms with E-state index in [2.05, 4.69) is 10.6 Å². The second kappa shape index (κ2) is 9.41. The topological polar surface area (TPSA) is 97.4 Å². The highest BCUT2D eigenvalue weighted by Crippen LogP contribution is 2.05. The number of carbonyl (C=O) groups excluding carboxylic acids is 2. The molecule has 0 bridgehead atoms. The summed E-state index contributed by atoms with van der Waals surface area (Å²) in [6.45, 7) is 5.80. The van der Waals surface area contributed by atoms with Gasteiger partial charge in [-0.3, -0.25) is 9.59 Å². The van der Waals surface area contributed by atoms with Gasteiger partial charge in [-0.2, -0.15) is 0 Å². The van der Waals surface area contributed by atoms with Crippen LogP contribution in [0.2, 0.25) is 0 Å². The molecule has 1 aromatic heterocycles. The number of hydrogen-bond donors (Lipinski definition) is 3. The maximum Gasteiger partial charge on any atom is 0.242 e. The molecule has 1 rings (SSSR count). The van der Waals surface area contributed by atoms with Crippen molar-refractivity contribution < 1.29 is 14.0 Å². The predicted molar refractivity (Wildman–Crippen MR) is 82.8 cm³/mol. The number of rotatable bonds is 7. The molecule has 4 N–H and O–H groups in total. The zero-order valence-electron chi connectivity index (χ0n) is 12.6. The lowest BCUT2D eigenvalue weighted by Gasteiger charge is -2.20. The zero-order valence-corrected chi connectivity index (χ0v) is 13.4. The second-order valence-corrected chi connectivity index (χ2v) is 4.94. The minimum atomic E-state index is -0.632. The van der Waals surface area contributed by atoms with Gasteiger partial charge in [-0.1, -0.05) is 20.3 Å². The zero-order chi connectivity index (χ0) is 15.1. The van der Waals surface area contributed by atoms with Crippen LogP contribution in [0.4, 0.5) is 0 Å². The quantitative estimate of drug-likeness (QED) is 0.703. The molecule has 3 atom stereocenters. The molecule has 0 radical (unpaired) electrons. The summed E-state index contributed by atoms with van der Waals surface area (Å²) in [5.74, 6) is 0.160. The van der Waals surface area contributed by atoms with Crippen molar-refractivity contribution in [3.63, 3.8) is 0 Å². The highest BCUT2D eigenvalue weighted by Gasteiger charge is 2.23. The Labute approximate surface area is 131 Å². The molecule has 0 fully saturated rings. The van der Waals surface area contributed by atoms with Gasteiger partial charge in [0.2, 0.25) is 11.8 Å². The number of hydrogen-bond acceptors (Lipinski definition) is 4. The minimum absolute atomic E-state index is 0. The van der Waals surface area contributed by atoms with E-state index in [1.165, 1.54) is 6.26 Å². The summed E-state index contributed by atoms with van der Waals surface area (Å²) in [6.07, 6.45) is 2.35. The Kier molecular flexibility index (Phi) is 8.73. The third kappa shape index (κ3) is 6.18. The highest BCUT2D eigenvalue weighted by atomic mass is 35.5. The van der Waals surface area contributed by atoms with Gasteiger partial charge in [0.25, 0.3) is 0 Å². The maximum absolute atomic E-state index is 11.9. The Balaban J connectivity index is 0.00000400. The van der Waals surface area contributed by atoms with Crippen LogP contribution in [0, 0.1) is 5.92 Å². The van der Waals surface area contributed by atoms with Crippen LogP contribution >= 0.6 is 12.4 Å². The molecule has 0 aliphatic carbocycles. The first kappa shape index (κ1) is 19.5. The van der Waals surface area contributed by atoms with E-state index in [0.717, 1.165) is 6.42 Å². The maximum atomic E-state index is 11.9. The highest BCUT2D eigenvalue weighted by molar-refractivity contribution is 5.89. The average Bonchev–Trinajstić information content (AvgIpc) is 2.95. The standard InChI is InChI=1S/C14H23N3O3.ClH/c1-4-9(2)12(15)14(19)17-10(3)13(18)16-8-11-6-5-7-20-11;/h5-7,9-10,12H,4,8,15H2,1-3H3,(H,16,18)(H,17,19);1H. The SMILES string of the molecule is CCC(C)C(N)C(=O)NC(C)C(=O)NCc1ccco1.Cl. The van der Waals surface area contributed by atoms with Crippen molar-refractivity contribution in [3.05, 3.63) is 24.2 Å². The molecule has 7 heteroatoms. The number of amides is 2. The Morgan fingerprint density at radius 3 is 2.52 bits per heavy atom. The van der Waals surface area contributed by atoms with Crippen LogP contribution in [0.3, 0.4) is 0 Å². The van der Waals surface area contributed by atoms with E-state index < -0.39 is 12.1 Å². The number of nitrogens with one attached hydrogen (secondary N) is 2. The summed E-state index contributed by atoms with van der Waals surface area (Å²) in [6, 6.07) is 2.29. The number of carbonyl (C=O) groups is 2. The Bertz CT molecular complexity index is 437. The smallest absolute Gasteiger partial charge is 0.242 e. The van der Waals surface area contributed by atoms with Crippen LogP contribution < -0.4 is 16.4 Å². The molecule has 0 saturated heterocycles. The first-order chi connectivity index (χ1) is 9.45. The summed E-state index contributed by atoms with van der Waals surface area (Å²) in [7, 11) is 0. The van der Waals surface area contributed by atoms with Crippen molar-refractivity contribution in [2.45, 2.75) is 45.8 Å². The van der Waals surface area contributed by atoms with Gasteiger partial charge in [0, 0.05) is 0 Å². The normalized spacial score (nSPS) is 14.5. The van der Waals surface area contributed by atoms with Gasteiger partial charge in [0.1, 0.15) is 11.8 Å². The number of nitrogens with two attached hydrogens (primary N) is 1. The fraction of sp³-hybridized carbons (Fsp3) is 0.571. The van der Waals surface area contributed by atoms with Crippen LogP contribution in [0.15, 0.2) is 22.8 Å². The molecule has 3 unspecified atom stereocenters. The van der Waals surface area contributed by atoms with E-state index in [-0.39, 0.29) is 30.1 Å². The lowest BCUT2D eigenvalue weighted by molar-refractivity contribution is -0.129. The molecular weight excluding hydrogens is 294 g/mol. The van der Waals surface area contributed by atoms with Crippen LogP contribution in [-0.4, -0.2) is 23.9 Å². The van der Waals surface area contributed by atoms with Crippen LogP contribution in [0.1, 0.15) is 33.0 Å².